The van der Waals surface area contributed by atoms with Gasteiger partial charge in [-0.15, -0.1) is 0 Å². The van der Waals surface area contributed by atoms with Gasteiger partial charge < -0.3 is 15.2 Å². The molecule has 3 rings (SSSR count). The first kappa shape index (κ1) is 17.9. The van der Waals surface area contributed by atoms with Crippen molar-refractivity contribution in [1.82, 2.24) is 15.0 Å². The predicted molar refractivity (Wildman–Crippen MR) is 87.6 cm³/mol. The minimum atomic E-state index is -1.26. The molecule has 0 atom stereocenters. The van der Waals surface area contributed by atoms with E-state index in [2.05, 4.69) is 20.3 Å². The summed E-state index contributed by atoms with van der Waals surface area (Å²) in [7, 11) is 0. The largest absolute Gasteiger partial charge is 0.476 e. The fraction of sp³-hybridized carbons (Fsp3) is 0. The molecule has 8 nitrogen and oxygen atoms in total. The molecule has 0 saturated heterocycles. The van der Waals surface area contributed by atoms with E-state index in [1.54, 1.807) is 0 Å². The third kappa shape index (κ3) is 4.37. The van der Waals surface area contributed by atoms with Gasteiger partial charge in [-0.1, -0.05) is 0 Å². The Labute approximate surface area is 150 Å². The van der Waals surface area contributed by atoms with Crippen molar-refractivity contribution < 1.29 is 28.2 Å². The van der Waals surface area contributed by atoms with E-state index in [4.69, 9.17) is 9.84 Å². The van der Waals surface area contributed by atoms with Gasteiger partial charge >= 0.3 is 5.97 Å². The summed E-state index contributed by atoms with van der Waals surface area (Å²) in [5.41, 5.74) is -0.0903. The number of carbonyl (C=O) groups is 2. The number of hydrogen-bond donors (Lipinski definition) is 2. The third-order valence-electron chi connectivity index (χ3n) is 3.21. The first-order valence-corrected chi connectivity index (χ1v) is 7.38. The molecule has 0 aliphatic rings. The van der Waals surface area contributed by atoms with Crippen molar-refractivity contribution in [1.29, 1.82) is 0 Å². The summed E-state index contributed by atoms with van der Waals surface area (Å²) in [4.78, 5) is 34.0. The lowest BCUT2D eigenvalue weighted by Gasteiger charge is -2.07. The van der Waals surface area contributed by atoms with Gasteiger partial charge in [-0.05, 0) is 18.2 Å². The summed E-state index contributed by atoms with van der Waals surface area (Å²) in [5.74, 6) is -3.66. The number of aromatic nitrogens is 3. The number of carbonyl (C=O) groups excluding carboxylic acids is 1. The number of aromatic carboxylic acids is 1. The maximum Gasteiger partial charge on any atom is 0.356 e. The molecular weight excluding hydrogens is 362 g/mol. The van der Waals surface area contributed by atoms with Crippen LogP contribution in [0.5, 0.6) is 11.6 Å². The molecule has 0 bridgehead atoms. The molecule has 0 unspecified atom stereocenters. The average molecular weight is 372 g/mol. The van der Waals surface area contributed by atoms with Crippen molar-refractivity contribution in [2.75, 3.05) is 5.32 Å². The maximum absolute atomic E-state index is 13.6. The van der Waals surface area contributed by atoms with Crippen LogP contribution < -0.4 is 10.1 Å². The second-order valence-corrected chi connectivity index (χ2v) is 5.11. The van der Waals surface area contributed by atoms with E-state index < -0.39 is 23.5 Å². The Balaban J connectivity index is 1.66. The normalized spacial score (nSPS) is 10.3. The quantitative estimate of drug-likeness (QED) is 0.708. The van der Waals surface area contributed by atoms with Gasteiger partial charge in [-0.3, -0.25) is 4.79 Å². The van der Waals surface area contributed by atoms with Gasteiger partial charge in [0.2, 0.25) is 5.88 Å². The van der Waals surface area contributed by atoms with Crippen LogP contribution >= 0.6 is 0 Å². The number of nitrogens with zero attached hydrogens (tertiary/aromatic N) is 3. The Morgan fingerprint density at radius 1 is 0.963 bits per heavy atom. The summed E-state index contributed by atoms with van der Waals surface area (Å²) < 4.78 is 31.6. The summed E-state index contributed by atoms with van der Waals surface area (Å²) >= 11 is 0. The van der Waals surface area contributed by atoms with Crippen LogP contribution in [0.1, 0.15) is 21.0 Å². The van der Waals surface area contributed by atoms with Crippen LogP contribution in [0.3, 0.4) is 0 Å². The minimum Gasteiger partial charge on any atom is -0.476 e. The fourth-order valence-electron chi connectivity index (χ4n) is 1.94. The molecular formula is C17H10F2N4O4. The van der Waals surface area contributed by atoms with Gasteiger partial charge in [0, 0.05) is 12.1 Å². The highest BCUT2D eigenvalue weighted by Gasteiger charge is 2.12. The van der Waals surface area contributed by atoms with Crippen molar-refractivity contribution in [2.24, 2.45) is 0 Å². The van der Waals surface area contributed by atoms with Crippen molar-refractivity contribution >= 4 is 17.6 Å². The van der Waals surface area contributed by atoms with Crippen molar-refractivity contribution in [3.05, 3.63) is 71.9 Å². The molecule has 0 saturated carbocycles. The zero-order valence-corrected chi connectivity index (χ0v) is 13.4. The molecule has 10 heteroatoms. The Hall–Kier alpha value is -3.95. The maximum atomic E-state index is 13.6. The number of carboxylic acids is 1. The lowest BCUT2D eigenvalue weighted by Crippen LogP contribution is -2.15. The molecule has 27 heavy (non-hydrogen) atoms. The Kier molecular flexibility index (Phi) is 4.97. The van der Waals surface area contributed by atoms with Crippen LogP contribution in [0.15, 0.2) is 48.9 Å². The molecule has 1 amide bonds. The van der Waals surface area contributed by atoms with E-state index in [0.717, 1.165) is 24.5 Å². The van der Waals surface area contributed by atoms with E-state index >= 15 is 0 Å². The average Bonchev–Trinajstić information content (AvgIpc) is 2.65. The van der Waals surface area contributed by atoms with E-state index in [1.807, 2.05) is 0 Å². The minimum absolute atomic E-state index is 0.0316. The Morgan fingerprint density at radius 2 is 1.70 bits per heavy atom. The van der Waals surface area contributed by atoms with Crippen LogP contribution in [0.2, 0.25) is 0 Å². The first-order chi connectivity index (χ1) is 12.9. The number of nitrogens with one attached hydrogen (secondary N) is 1. The van der Waals surface area contributed by atoms with Crippen LogP contribution in [-0.4, -0.2) is 31.9 Å². The number of carboxylic acid groups (broad SMARTS) is 1. The number of pyridine rings is 1. The van der Waals surface area contributed by atoms with Crippen LogP contribution in [0.25, 0.3) is 0 Å². The molecule has 0 radical (unpaired) electrons. The van der Waals surface area contributed by atoms with Gasteiger partial charge in [0.1, 0.15) is 11.5 Å². The number of hydrogen-bond acceptors (Lipinski definition) is 6. The monoisotopic (exact) mass is 372 g/mol. The number of ether oxygens (including phenoxy) is 1. The number of anilines is 1. The highest BCUT2D eigenvalue weighted by molar-refractivity contribution is 6.02. The number of benzene rings is 1. The molecule has 2 heterocycles. The number of rotatable bonds is 5. The SMILES string of the molecule is O=C(O)c1cnc(C(=O)Nc2ccc(Oc3ccc(F)cc3F)nc2)cn1. The zero-order chi connectivity index (χ0) is 19.4. The summed E-state index contributed by atoms with van der Waals surface area (Å²) in [6.07, 6.45) is 3.25. The Bertz CT molecular complexity index is 995. The lowest BCUT2D eigenvalue weighted by atomic mass is 10.3. The fourth-order valence-corrected chi connectivity index (χ4v) is 1.94. The molecule has 0 spiro atoms. The number of halogens is 2. The highest BCUT2D eigenvalue weighted by atomic mass is 19.1. The molecule has 0 fully saturated rings. The second-order valence-electron chi connectivity index (χ2n) is 5.11. The van der Waals surface area contributed by atoms with Crippen molar-refractivity contribution in [3.63, 3.8) is 0 Å². The van der Waals surface area contributed by atoms with Crippen molar-refractivity contribution in [2.45, 2.75) is 0 Å². The molecule has 3 aromatic rings. The van der Waals surface area contributed by atoms with Crippen LogP contribution in [0.4, 0.5) is 14.5 Å². The zero-order valence-electron chi connectivity index (χ0n) is 13.4. The number of amides is 1. The van der Waals surface area contributed by atoms with Gasteiger partial charge in [-0.25, -0.2) is 28.5 Å². The van der Waals surface area contributed by atoms with Gasteiger partial charge in [0.15, 0.2) is 17.3 Å². The molecule has 2 aromatic heterocycles. The highest BCUT2D eigenvalue weighted by Crippen LogP contribution is 2.24. The second kappa shape index (κ2) is 7.52. The summed E-state index contributed by atoms with van der Waals surface area (Å²) in [5, 5.41) is 11.2. The molecule has 136 valence electrons. The molecule has 1 aromatic carbocycles. The van der Waals surface area contributed by atoms with Gasteiger partial charge in [-0.2, -0.15) is 0 Å². The van der Waals surface area contributed by atoms with E-state index in [1.165, 1.54) is 18.3 Å². The van der Waals surface area contributed by atoms with Crippen LogP contribution in [-0.2, 0) is 0 Å². The lowest BCUT2D eigenvalue weighted by molar-refractivity contribution is 0.0689. The summed E-state index contributed by atoms with van der Waals surface area (Å²) in [6, 6.07) is 5.67. The summed E-state index contributed by atoms with van der Waals surface area (Å²) in [6.45, 7) is 0. The standard InChI is InChI=1S/C17H10F2N4O4/c18-9-1-3-14(11(19)5-9)27-15-4-2-10(6-22-15)23-16(24)12-7-21-13(8-20-12)17(25)26/h1-8H,(H,23,24)(H,25,26). The van der Waals surface area contributed by atoms with Crippen molar-refractivity contribution in [3.8, 4) is 11.6 Å². The molecule has 2 N–H and O–H groups in total. The first-order valence-electron chi connectivity index (χ1n) is 7.38. The predicted octanol–water partition coefficient (Wildman–Crippen LogP) is 2.89. The van der Waals surface area contributed by atoms with Gasteiger partial charge in [0.25, 0.3) is 5.91 Å². The van der Waals surface area contributed by atoms with Gasteiger partial charge in [0.05, 0.1) is 24.3 Å². The molecule has 0 aliphatic carbocycles. The smallest absolute Gasteiger partial charge is 0.356 e. The van der Waals surface area contributed by atoms with Crippen LogP contribution in [0, 0.1) is 11.6 Å². The third-order valence-corrected chi connectivity index (χ3v) is 3.21. The van der Waals surface area contributed by atoms with E-state index in [0.29, 0.717) is 6.07 Å². The van der Waals surface area contributed by atoms with E-state index in [-0.39, 0.29) is 28.7 Å². The Morgan fingerprint density at radius 3 is 2.30 bits per heavy atom. The molecule has 0 aliphatic heterocycles. The van der Waals surface area contributed by atoms with E-state index in [9.17, 15) is 18.4 Å². The topological polar surface area (TPSA) is 114 Å².